The average Bonchev–Trinajstić information content (AvgIpc) is 3.19. The molecule has 3 rings (SSSR count). The van der Waals surface area contributed by atoms with Gasteiger partial charge in [0.2, 0.25) is 5.91 Å². The Hall–Kier alpha value is -1.68. The van der Waals surface area contributed by atoms with Gasteiger partial charge in [0.15, 0.2) is 5.13 Å². The van der Waals surface area contributed by atoms with Gasteiger partial charge in [0.25, 0.3) is 0 Å². The van der Waals surface area contributed by atoms with Crippen molar-refractivity contribution in [2.75, 3.05) is 5.32 Å². The Labute approximate surface area is 135 Å². The highest BCUT2D eigenvalue weighted by atomic mass is 32.1. The van der Waals surface area contributed by atoms with E-state index in [-0.39, 0.29) is 11.8 Å². The number of benzene rings is 1. The molecule has 0 bridgehead atoms. The van der Waals surface area contributed by atoms with E-state index in [1.807, 2.05) is 5.38 Å². The first-order valence-corrected chi connectivity index (χ1v) is 8.87. The maximum Gasteiger partial charge on any atom is 0.233 e. The van der Waals surface area contributed by atoms with Crippen molar-refractivity contribution in [3.05, 3.63) is 47.0 Å². The van der Waals surface area contributed by atoms with Gasteiger partial charge in [-0.05, 0) is 24.8 Å². The first-order chi connectivity index (χ1) is 10.7. The van der Waals surface area contributed by atoms with E-state index in [0.717, 1.165) is 12.0 Å². The lowest BCUT2D eigenvalue weighted by Gasteiger charge is -2.20. The van der Waals surface area contributed by atoms with Gasteiger partial charge in [0.1, 0.15) is 0 Å². The van der Waals surface area contributed by atoms with Gasteiger partial charge in [-0.15, -0.1) is 11.3 Å². The number of thiazole rings is 1. The highest BCUT2D eigenvalue weighted by Gasteiger charge is 2.27. The van der Waals surface area contributed by atoms with Gasteiger partial charge in [0, 0.05) is 11.6 Å². The summed E-state index contributed by atoms with van der Waals surface area (Å²) in [4.78, 5) is 16.9. The monoisotopic (exact) mass is 314 g/mol. The molecule has 1 unspecified atom stereocenters. The number of rotatable bonds is 5. The normalized spacial score (nSPS) is 16.6. The number of aryl methyl sites for hydroxylation is 1. The smallest absolute Gasteiger partial charge is 0.233 e. The first kappa shape index (κ1) is 15.2. The van der Waals surface area contributed by atoms with Crippen LogP contribution >= 0.6 is 11.3 Å². The zero-order valence-corrected chi connectivity index (χ0v) is 13.7. The molecule has 0 spiro atoms. The Morgan fingerprint density at radius 1 is 1.32 bits per heavy atom. The standard InChI is InChI=1S/C18H22N2OS/c1-13-6-8-15(9-7-13)16(12-14-4-2-3-5-14)17(21)20-18-19-10-11-22-18/h6-11,14,16H,2-5,12H2,1H3,(H,19,20,21). The molecule has 1 fully saturated rings. The third-order valence-electron chi connectivity index (χ3n) is 4.50. The molecule has 1 saturated carbocycles. The summed E-state index contributed by atoms with van der Waals surface area (Å²) >= 11 is 1.47. The Kier molecular flexibility index (Phi) is 4.88. The highest BCUT2D eigenvalue weighted by molar-refractivity contribution is 7.13. The first-order valence-electron chi connectivity index (χ1n) is 7.99. The topological polar surface area (TPSA) is 42.0 Å². The van der Waals surface area contributed by atoms with Crippen LogP contribution in [0.1, 0.15) is 49.1 Å². The predicted molar refractivity (Wildman–Crippen MR) is 91.2 cm³/mol. The largest absolute Gasteiger partial charge is 0.301 e. The van der Waals surface area contributed by atoms with E-state index in [9.17, 15) is 4.79 Å². The number of aromatic nitrogens is 1. The third kappa shape index (κ3) is 3.74. The van der Waals surface area contributed by atoms with Crippen molar-refractivity contribution in [3.63, 3.8) is 0 Å². The Morgan fingerprint density at radius 2 is 2.05 bits per heavy atom. The van der Waals surface area contributed by atoms with E-state index in [4.69, 9.17) is 0 Å². The summed E-state index contributed by atoms with van der Waals surface area (Å²) in [6, 6.07) is 8.37. The predicted octanol–water partition coefficient (Wildman–Crippen LogP) is 4.75. The molecule has 0 radical (unpaired) electrons. The van der Waals surface area contributed by atoms with Crippen molar-refractivity contribution >= 4 is 22.4 Å². The molecule has 1 N–H and O–H groups in total. The fourth-order valence-corrected chi connectivity index (χ4v) is 3.78. The molecule has 0 saturated heterocycles. The van der Waals surface area contributed by atoms with Gasteiger partial charge < -0.3 is 5.32 Å². The van der Waals surface area contributed by atoms with Crippen LogP contribution in [0, 0.1) is 12.8 Å². The van der Waals surface area contributed by atoms with Gasteiger partial charge in [-0.25, -0.2) is 4.98 Å². The van der Waals surface area contributed by atoms with E-state index in [1.165, 1.54) is 42.6 Å². The molecule has 1 aliphatic carbocycles. The van der Waals surface area contributed by atoms with Crippen molar-refractivity contribution in [2.24, 2.45) is 5.92 Å². The Morgan fingerprint density at radius 3 is 2.68 bits per heavy atom. The Bertz CT molecular complexity index is 601. The molecule has 1 aromatic carbocycles. The fourth-order valence-electron chi connectivity index (χ4n) is 3.25. The minimum atomic E-state index is -0.0763. The average molecular weight is 314 g/mol. The maximum atomic E-state index is 12.7. The molecule has 1 amide bonds. The highest BCUT2D eigenvalue weighted by Crippen LogP contribution is 2.35. The van der Waals surface area contributed by atoms with Gasteiger partial charge in [-0.2, -0.15) is 0 Å². The molecule has 1 aliphatic rings. The number of hydrogen-bond donors (Lipinski definition) is 1. The Balaban J connectivity index is 1.77. The van der Waals surface area contributed by atoms with Crippen LogP contribution in [0.2, 0.25) is 0 Å². The molecular formula is C18H22N2OS. The quantitative estimate of drug-likeness (QED) is 0.865. The molecule has 3 nitrogen and oxygen atoms in total. The van der Waals surface area contributed by atoms with Crippen LogP contribution in [-0.2, 0) is 4.79 Å². The summed E-state index contributed by atoms with van der Waals surface area (Å²) in [5, 5.41) is 5.55. The molecule has 1 aromatic heterocycles. The zero-order valence-electron chi connectivity index (χ0n) is 12.9. The summed E-state index contributed by atoms with van der Waals surface area (Å²) in [7, 11) is 0. The molecule has 4 heteroatoms. The second-order valence-electron chi connectivity index (χ2n) is 6.18. The summed E-state index contributed by atoms with van der Waals surface area (Å²) in [5.41, 5.74) is 2.34. The van der Waals surface area contributed by atoms with Crippen LogP contribution in [0.25, 0.3) is 0 Å². The summed E-state index contributed by atoms with van der Waals surface area (Å²) in [6.07, 6.45) is 7.79. The minimum absolute atomic E-state index is 0.0747. The fraction of sp³-hybridized carbons (Fsp3) is 0.444. The van der Waals surface area contributed by atoms with Crippen LogP contribution in [0.5, 0.6) is 0 Å². The zero-order chi connectivity index (χ0) is 15.4. The molecule has 2 aromatic rings. The number of amides is 1. The lowest BCUT2D eigenvalue weighted by atomic mass is 9.87. The van der Waals surface area contributed by atoms with Crippen molar-refractivity contribution in [2.45, 2.75) is 44.9 Å². The molecule has 1 atom stereocenters. The van der Waals surface area contributed by atoms with E-state index in [2.05, 4.69) is 41.5 Å². The van der Waals surface area contributed by atoms with Gasteiger partial charge in [-0.1, -0.05) is 55.5 Å². The van der Waals surface area contributed by atoms with E-state index < -0.39 is 0 Å². The number of carbonyl (C=O) groups is 1. The van der Waals surface area contributed by atoms with Crippen molar-refractivity contribution < 1.29 is 4.79 Å². The molecular weight excluding hydrogens is 292 g/mol. The molecule has 1 heterocycles. The van der Waals surface area contributed by atoms with Crippen LogP contribution in [0.4, 0.5) is 5.13 Å². The van der Waals surface area contributed by atoms with Gasteiger partial charge >= 0.3 is 0 Å². The number of anilines is 1. The molecule has 116 valence electrons. The number of carbonyl (C=O) groups excluding carboxylic acids is 1. The van der Waals surface area contributed by atoms with Crippen LogP contribution in [0.3, 0.4) is 0 Å². The second kappa shape index (κ2) is 7.05. The van der Waals surface area contributed by atoms with Crippen LogP contribution in [0.15, 0.2) is 35.8 Å². The van der Waals surface area contributed by atoms with Crippen LogP contribution in [-0.4, -0.2) is 10.9 Å². The summed E-state index contributed by atoms with van der Waals surface area (Å²) < 4.78 is 0. The van der Waals surface area contributed by atoms with Crippen LogP contribution < -0.4 is 5.32 Å². The number of hydrogen-bond acceptors (Lipinski definition) is 3. The van der Waals surface area contributed by atoms with Crippen molar-refractivity contribution in [1.82, 2.24) is 4.98 Å². The second-order valence-corrected chi connectivity index (χ2v) is 7.07. The molecule has 22 heavy (non-hydrogen) atoms. The summed E-state index contributed by atoms with van der Waals surface area (Å²) in [5.74, 6) is 0.673. The van der Waals surface area contributed by atoms with E-state index in [0.29, 0.717) is 11.0 Å². The van der Waals surface area contributed by atoms with Crippen molar-refractivity contribution in [1.29, 1.82) is 0 Å². The minimum Gasteiger partial charge on any atom is -0.301 e. The maximum absolute atomic E-state index is 12.7. The third-order valence-corrected chi connectivity index (χ3v) is 5.19. The SMILES string of the molecule is Cc1ccc(C(CC2CCCC2)C(=O)Nc2nccs2)cc1. The summed E-state index contributed by atoms with van der Waals surface area (Å²) in [6.45, 7) is 2.07. The molecule has 0 aliphatic heterocycles. The van der Waals surface area contributed by atoms with Gasteiger partial charge in [-0.3, -0.25) is 4.79 Å². The lowest BCUT2D eigenvalue weighted by molar-refractivity contribution is -0.118. The van der Waals surface area contributed by atoms with Gasteiger partial charge in [0.05, 0.1) is 5.92 Å². The van der Waals surface area contributed by atoms with Crippen molar-refractivity contribution in [3.8, 4) is 0 Å². The van der Waals surface area contributed by atoms with E-state index in [1.54, 1.807) is 6.20 Å². The van der Waals surface area contributed by atoms with E-state index >= 15 is 0 Å². The lowest BCUT2D eigenvalue weighted by Crippen LogP contribution is -2.23. The number of nitrogens with one attached hydrogen (secondary N) is 1. The number of nitrogens with zero attached hydrogens (tertiary/aromatic N) is 1.